The molecular weight excluding hydrogens is 366 g/mol. The standard InChI is InChI=1S/C20H23NO5S/c1-2-27(25,26)18-11-7-6-10-17(18)20(24)21-16(12-13-19(22)23)14-15-8-4-3-5-9-15/h3-11,16H,2,12-14H2,1H3,(H,21,24)(H,22,23). The topological polar surface area (TPSA) is 101 Å². The molecule has 2 aromatic rings. The Morgan fingerprint density at radius 2 is 1.67 bits per heavy atom. The molecule has 0 saturated carbocycles. The van der Waals surface area contributed by atoms with Gasteiger partial charge >= 0.3 is 5.97 Å². The molecule has 0 spiro atoms. The monoisotopic (exact) mass is 389 g/mol. The Morgan fingerprint density at radius 1 is 1.04 bits per heavy atom. The highest BCUT2D eigenvalue weighted by Crippen LogP contribution is 2.18. The number of carboxylic acids is 1. The van der Waals surface area contributed by atoms with Crippen molar-refractivity contribution in [3.8, 4) is 0 Å². The molecule has 1 unspecified atom stereocenters. The van der Waals surface area contributed by atoms with Gasteiger partial charge in [0.25, 0.3) is 5.91 Å². The Morgan fingerprint density at radius 3 is 2.30 bits per heavy atom. The minimum atomic E-state index is -3.55. The van der Waals surface area contributed by atoms with Crippen LogP contribution in [0.5, 0.6) is 0 Å². The van der Waals surface area contributed by atoms with Crippen LogP contribution in [-0.2, 0) is 21.1 Å². The van der Waals surface area contributed by atoms with Gasteiger partial charge in [0.15, 0.2) is 9.84 Å². The second kappa shape index (κ2) is 9.32. The van der Waals surface area contributed by atoms with Gasteiger partial charge in [-0.1, -0.05) is 49.4 Å². The summed E-state index contributed by atoms with van der Waals surface area (Å²) in [6.07, 6.45) is 0.619. The van der Waals surface area contributed by atoms with Crippen molar-refractivity contribution in [1.29, 1.82) is 0 Å². The van der Waals surface area contributed by atoms with Gasteiger partial charge < -0.3 is 10.4 Å². The molecule has 0 aliphatic carbocycles. The molecule has 0 saturated heterocycles. The van der Waals surface area contributed by atoms with Crippen molar-refractivity contribution >= 4 is 21.7 Å². The summed E-state index contributed by atoms with van der Waals surface area (Å²) in [4.78, 5) is 23.7. The third-order valence-corrected chi connectivity index (χ3v) is 6.00. The molecule has 2 rings (SSSR count). The number of benzene rings is 2. The first-order valence-electron chi connectivity index (χ1n) is 8.72. The molecule has 7 heteroatoms. The van der Waals surface area contributed by atoms with E-state index in [4.69, 9.17) is 5.11 Å². The van der Waals surface area contributed by atoms with E-state index in [-0.39, 0.29) is 29.1 Å². The number of carbonyl (C=O) groups excluding carboxylic acids is 1. The maximum absolute atomic E-state index is 12.8. The maximum atomic E-state index is 12.8. The van der Waals surface area contributed by atoms with Gasteiger partial charge in [0, 0.05) is 12.5 Å². The molecule has 2 N–H and O–H groups in total. The Hall–Kier alpha value is -2.67. The zero-order valence-electron chi connectivity index (χ0n) is 15.1. The number of rotatable bonds is 9. The number of amides is 1. The number of aliphatic carboxylic acids is 1. The summed E-state index contributed by atoms with van der Waals surface area (Å²) in [6.45, 7) is 1.52. The van der Waals surface area contributed by atoms with Gasteiger partial charge in [0.2, 0.25) is 0 Å². The van der Waals surface area contributed by atoms with Gasteiger partial charge in [-0.25, -0.2) is 8.42 Å². The Balaban J connectivity index is 2.24. The van der Waals surface area contributed by atoms with Crippen molar-refractivity contribution in [2.45, 2.75) is 37.1 Å². The van der Waals surface area contributed by atoms with E-state index in [0.29, 0.717) is 6.42 Å². The van der Waals surface area contributed by atoms with E-state index in [0.717, 1.165) is 5.56 Å². The summed E-state index contributed by atoms with van der Waals surface area (Å²) in [5.41, 5.74) is 1.04. The number of carbonyl (C=O) groups is 2. The van der Waals surface area contributed by atoms with E-state index < -0.39 is 27.8 Å². The maximum Gasteiger partial charge on any atom is 0.303 e. The van der Waals surface area contributed by atoms with Crippen molar-refractivity contribution < 1.29 is 23.1 Å². The lowest BCUT2D eigenvalue weighted by Crippen LogP contribution is -2.37. The Labute approximate surface area is 159 Å². The van der Waals surface area contributed by atoms with Gasteiger partial charge in [-0.15, -0.1) is 0 Å². The highest BCUT2D eigenvalue weighted by atomic mass is 32.2. The van der Waals surface area contributed by atoms with Crippen LogP contribution in [0.15, 0.2) is 59.5 Å². The molecule has 0 aliphatic heterocycles. The minimum Gasteiger partial charge on any atom is -0.481 e. The highest BCUT2D eigenvalue weighted by Gasteiger charge is 2.22. The van der Waals surface area contributed by atoms with E-state index >= 15 is 0 Å². The molecule has 144 valence electrons. The van der Waals surface area contributed by atoms with E-state index in [2.05, 4.69) is 5.32 Å². The van der Waals surface area contributed by atoms with Gasteiger partial charge in [-0.2, -0.15) is 0 Å². The van der Waals surface area contributed by atoms with Gasteiger partial charge in [-0.05, 0) is 30.5 Å². The first-order chi connectivity index (χ1) is 12.8. The molecule has 0 aromatic heterocycles. The van der Waals surface area contributed by atoms with Crippen LogP contribution in [0.25, 0.3) is 0 Å². The average molecular weight is 389 g/mol. The van der Waals surface area contributed by atoms with Gasteiger partial charge in [0.05, 0.1) is 16.2 Å². The first-order valence-corrected chi connectivity index (χ1v) is 10.4. The molecule has 1 atom stereocenters. The molecule has 0 heterocycles. The molecule has 0 fully saturated rings. The van der Waals surface area contributed by atoms with E-state index in [9.17, 15) is 18.0 Å². The zero-order valence-corrected chi connectivity index (χ0v) is 15.9. The summed E-state index contributed by atoms with van der Waals surface area (Å²) in [7, 11) is -3.55. The lowest BCUT2D eigenvalue weighted by molar-refractivity contribution is -0.137. The molecule has 0 bridgehead atoms. The van der Waals surface area contributed by atoms with E-state index in [1.165, 1.54) is 19.1 Å². The fourth-order valence-corrected chi connectivity index (χ4v) is 3.86. The van der Waals surface area contributed by atoms with Crippen molar-refractivity contribution in [3.05, 3.63) is 65.7 Å². The molecule has 2 aromatic carbocycles. The fourth-order valence-electron chi connectivity index (χ4n) is 2.77. The average Bonchev–Trinajstić information content (AvgIpc) is 2.66. The van der Waals surface area contributed by atoms with Crippen LogP contribution < -0.4 is 5.32 Å². The summed E-state index contributed by atoms with van der Waals surface area (Å²) in [5.74, 6) is -1.57. The van der Waals surface area contributed by atoms with Crippen LogP contribution in [-0.4, -0.2) is 37.2 Å². The van der Waals surface area contributed by atoms with Gasteiger partial charge in [0.1, 0.15) is 0 Å². The third kappa shape index (κ3) is 5.92. The normalized spacial score (nSPS) is 12.3. The summed E-state index contributed by atoms with van der Waals surface area (Å²) >= 11 is 0. The largest absolute Gasteiger partial charge is 0.481 e. The minimum absolute atomic E-state index is 0.0123. The van der Waals surface area contributed by atoms with E-state index in [1.807, 2.05) is 30.3 Å². The van der Waals surface area contributed by atoms with Crippen LogP contribution in [0, 0.1) is 0 Å². The SMILES string of the molecule is CCS(=O)(=O)c1ccccc1C(=O)NC(CCC(=O)O)Cc1ccccc1. The van der Waals surface area contributed by atoms with Crippen LogP contribution in [0.1, 0.15) is 35.7 Å². The number of hydrogen-bond acceptors (Lipinski definition) is 4. The van der Waals surface area contributed by atoms with Crippen molar-refractivity contribution in [2.75, 3.05) is 5.75 Å². The third-order valence-electron chi connectivity index (χ3n) is 4.21. The lowest BCUT2D eigenvalue weighted by Gasteiger charge is -2.19. The smallest absolute Gasteiger partial charge is 0.303 e. The van der Waals surface area contributed by atoms with Crippen LogP contribution in [0.4, 0.5) is 0 Å². The fraction of sp³-hybridized carbons (Fsp3) is 0.300. The molecule has 0 radical (unpaired) electrons. The van der Waals surface area contributed by atoms with Crippen molar-refractivity contribution in [3.63, 3.8) is 0 Å². The number of carboxylic acid groups (broad SMARTS) is 1. The summed E-state index contributed by atoms with van der Waals surface area (Å²) in [6, 6.07) is 15.0. The van der Waals surface area contributed by atoms with Crippen LogP contribution in [0.2, 0.25) is 0 Å². The van der Waals surface area contributed by atoms with Crippen LogP contribution in [0.3, 0.4) is 0 Å². The van der Waals surface area contributed by atoms with Crippen LogP contribution >= 0.6 is 0 Å². The first kappa shape index (κ1) is 20.6. The predicted octanol–water partition coefficient (Wildman–Crippen LogP) is 2.69. The number of sulfone groups is 1. The van der Waals surface area contributed by atoms with Crippen molar-refractivity contribution in [2.24, 2.45) is 0 Å². The number of hydrogen-bond donors (Lipinski definition) is 2. The molecule has 27 heavy (non-hydrogen) atoms. The van der Waals surface area contributed by atoms with E-state index in [1.54, 1.807) is 12.1 Å². The Bertz CT molecular complexity index is 894. The van der Waals surface area contributed by atoms with Gasteiger partial charge in [-0.3, -0.25) is 9.59 Å². The molecular formula is C20H23NO5S. The summed E-state index contributed by atoms with van der Waals surface area (Å²) in [5, 5.41) is 11.8. The molecule has 0 aliphatic rings. The summed E-state index contributed by atoms with van der Waals surface area (Å²) < 4.78 is 24.5. The Kier molecular flexibility index (Phi) is 7.12. The number of nitrogens with one attached hydrogen (secondary N) is 1. The zero-order chi connectivity index (χ0) is 19.9. The quantitative estimate of drug-likeness (QED) is 0.687. The predicted molar refractivity (Wildman–Crippen MR) is 102 cm³/mol. The molecule has 6 nitrogen and oxygen atoms in total. The van der Waals surface area contributed by atoms with Crippen molar-refractivity contribution in [1.82, 2.24) is 5.32 Å². The second-order valence-electron chi connectivity index (χ2n) is 6.19. The lowest BCUT2D eigenvalue weighted by atomic mass is 10.0. The second-order valence-corrected chi connectivity index (χ2v) is 8.44. The molecule has 1 amide bonds. The highest BCUT2D eigenvalue weighted by molar-refractivity contribution is 7.91.